The summed E-state index contributed by atoms with van der Waals surface area (Å²) in [5, 5.41) is 14.9. The first kappa shape index (κ1) is 19.8. The zero-order valence-electron chi connectivity index (χ0n) is 16.6. The van der Waals surface area contributed by atoms with Gasteiger partial charge in [0.2, 0.25) is 0 Å². The highest BCUT2D eigenvalue weighted by molar-refractivity contribution is 5.74. The van der Waals surface area contributed by atoms with Crippen molar-refractivity contribution in [3.05, 3.63) is 82.3 Å². The van der Waals surface area contributed by atoms with Crippen LogP contribution in [-0.4, -0.2) is 37.1 Å². The molecule has 0 saturated carbocycles. The maximum absolute atomic E-state index is 13.2. The second kappa shape index (κ2) is 8.08. The first-order valence-corrected chi connectivity index (χ1v) is 9.49. The normalized spacial score (nSPS) is 12.3. The maximum atomic E-state index is 13.2. The van der Waals surface area contributed by atoms with Gasteiger partial charge in [0.1, 0.15) is 36.0 Å². The van der Waals surface area contributed by atoms with Gasteiger partial charge < -0.3 is 9.84 Å². The number of nitrogens with zero attached hydrogens (tertiary/aromatic N) is 4. The van der Waals surface area contributed by atoms with Gasteiger partial charge in [0.25, 0.3) is 5.56 Å². The van der Waals surface area contributed by atoms with E-state index < -0.39 is 6.10 Å². The van der Waals surface area contributed by atoms with Crippen molar-refractivity contribution in [2.24, 2.45) is 0 Å². The van der Waals surface area contributed by atoms with E-state index in [0.717, 1.165) is 11.1 Å². The Kier molecular flexibility index (Phi) is 5.33. The fourth-order valence-corrected chi connectivity index (χ4v) is 3.28. The molecule has 1 N–H and O–H groups in total. The van der Waals surface area contributed by atoms with Gasteiger partial charge in [-0.05, 0) is 49.7 Å². The Balaban J connectivity index is 1.51. The second-order valence-electron chi connectivity index (χ2n) is 7.21. The number of aryl methyl sites for hydroxylation is 2. The molecule has 0 fully saturated rings. The van der Waals surface area contributed by atoms with E-state index in [-0.39, 0.29) is 24.5 Å². The van der Waals surface area contributed by atoms with Crippen molar-refractivity contribution in [3.63, 3.8) is 0 Å². The number of aliphatic hydroxyl groups is 1. The molecule has 154 valence electrons. The van der Waals surface area contributed by atoms with Gasteiger partial charge in [0.15, 0.2) is 5.65 Å². The van der Waals surface area contributed by atoms with Crippen molar-refractivity contribution in [1.82, 2.24) is 19.3 Å². The zero-order chi connectivity index (χ0) is 21.3. The van der Waals surface area contributed by atoms with Crippen LogP contribution in [0, 0.1) is 19.7 Å². The van der Waals surface area contributed by atoms with Gasteiger partial charge in [-0.15, -0.1) is 0 Å². The lowest BCUT2D eigenvalue weighted by Crippen LogP contribution is -2.30. The fourth-order valence-electron chi connectivity index (χ4n) is 3.28. The van der Waals surface area contributed by atoms with E-state index in [1.165, 1.54) is 33.9 Å². The largest absolute Gasteiger partial charge is 0.491 e. The number of aliphatic hydroxyl groups excluding tert-OH is 1. The molecule has 4 aromatic rings. The minimum atomic E-state index is -0.894. The summed E-state index contributed by atoms with van der Waals surface area (Å²) in [6.45, 7) is 4.02. The van der Waals surface area contributed by atoms with Gasteiger partial charge in [-0.2, -0.15) is 5.10 Å². The molecule has 0 spiro atoms. The summed E-state index contributed by atoms with van der Waals surface area (Å²) in [6, 6.07) is 11.6. The summed E-state index contributed by atoms with van der Waals surface area (Å²) in [5.41, 5.74) is 2.75. The predicted octanol–water partition coefficient (Wildman–Crippen LogP) is 2.78. The van der Waals surface area contributed by atoms with Crippen LogP contribution in [0.15, 0.2) is 59.8 Å². The topological polar surface area (TPSA) is 82.2 Å². The quantitative estimate of drug-likeness (QED) is 0.531. The van der Waals surface area contributed by atoms with Crippen molar-refractivity contribution in [1.29, 1.82) is 0 Å². The molecule has 2 aromatic heterocycles. The summed E-state index contributed by atoms with van der Waals surface area (Å²) in [4.78, 5) is 17.1. The van der Waals surface area contributed by atoms with E-state index in [0.29, 0.717) is 22.5 Å². The Labute approximate surface area is 172 Å². The molecule has 2 aromatic carbocycles. The Morgan fingerprint density at radius 1 is 1.17 bits per heavy atom. The van der Waals surface area contributed by atoms with Crippen LogP contribution in [-0.2, 0) is 6.54 Å². The molecule has 4 rings (SSSR count). The van der Waals surface area contributed by atoms with Crippen LogP contribution in [0.1, 0.15) is 11.1 Å². The van der Waals surface area contributed by atoms with Crippen molar-refractivity contribution in [3.8, 4) is 11.4 Å². The summed E-state index contributed by atoms with van der Waals surface area (Å²) in [5.74, 6) is 0.337. The van der Waals surface area contributed by atoms with E-state index >= 15 is 0 Å². The summed E-state index contributed by atoms with van der Waals surface area (Å²) in [7, 11) is 0. The minimum Gasteiger partial charge on any atom is -0.491 e. The number of fused-ring (bicyclic) bond motifs is 1. The highest BCUT2D eigenvalue weighted by atomic mass is 19.1. The third kappa shape index (κ3) is 3.95. The molecule has 1 atom stereocenters. The SMILES string of the molecule is Cc1ccc(OC[C@@H](O)Cn2cnc3c(cnn3-c3ccc(F)cc3)c2=O)c(C)c1. The summed E-state index contributed by atoms with van der Waals surface area (Å²) in [6.07, 6.45) is 1.89. The number of rotatable bonds is 6. The van der Waals surface area contributed by atoms with E-state index in [2.05, 4.69) is 10.1 Å². The molecule has 0 amide bonds. The molecule has 30 heavy (non-hydrogen) atoms. The third-order valence-corrected chi connectivity index (χ3v) is 4.79. The van der Waals surface area contributed by atoms with Gasteiger partial charge in [0.05, 0.1) is 18.4 Å². The molecule has 0 aliphatic heterocycles. The molecular formula is C22H21FN4O3. The van der Waals surface area contributed by atoms with Gasteiger partial charge in [-0.3, -0.25) is 9.36 Å². The van der Waals surface area contributed by atoms with Crippen LogP contribution in [0.25, 0.3) is 16.7 Å². The van der Waals surface area contributed by atoms with E-state index in [9.17, 15) is 14.3 Å². The van der Waals surface area contributed by atoms with Gasteiger partial charge in [0, 0.05) is 0 Å². The van der Waals surface area contributed by atoms with Gasteiger partial charge >= 0.3 is 0 Å². The lowest BCUT2D eigenvalue weighted by molar-refractivity contribution is 0.0911. The van der Waals surface area contributed by atoms with E-state index in [1.54, 1.807) is 12.1 Å². The van der Waals surface area contributed by atoms with Crippen molar-refractivity contribution < 1.29 is 14.2 Å². The smallest absolute Gasteiger partial charge is 0.264 e. The average Bonchev–Trinajstić information content (AvgIpc) is 3.15. The lowest BCUT2D eigenvalue weighted by atomic mass is 10.1. The third-order valence-electron chi connectivity index (χ3n) is 4.79. The number of benzene rings is 2. The molecular weight excluding hydrogens is 387 g/mol. The monoisotopic (exact) mass is 408 g/mol. The number of aromatic nitrogens is 4. The highest BCUT2D eigenvalue weighted by Gasteiger charge is 2.14. The van der Waals surface area contributed by atoms with Crippen LogP contribution >= 0.6 is 0 Å². The van der Waals surface area contributed by atoms with Crippen molar-refractivity contribution in [2.45, 2.75) is 26.5 Å². The molecule has 0 saturated heterocycles. The molecule has 0 unspecified atom stereocenters. The van der Waals surface area contributed by atoms with Crippen LogP contribution in [0.3, 0.4) is 0 Å². The molecule has 2 heterocycles. The summed E-state index contributed by atoms with van der Waals surface area (Å²) >= 11 is 0. The highest BCUT2D eigenvalue weighted by Crippen LogP contribution is 2.19. The molecule has 8 heteroatoms. The molecule has 0 radical (unpaired) electrons. The molecule has 7 nitrogen and oxygen atoms in total. The standard InChI is InChI=1S/C22H21FN4O3/c1-14-3-8-20(15(2)9-14)30-12-18(28)11-26-13-24-21-19(22(26)29)10-25-27(21)17-6-4-16(23)5-7-17/h3-10,13,18,28H,11-12H2,1-2H3/t18-/m0/s1. The first-order valence-electron chi connectivity index (χ1n) is 9.49. The lowest BCUT2D eigenvalue weighted by Gasteiger charge is -2.15. The van der Waals surface area contributed by atoms with E-state index in [1.807, 2.05) is 32.0 Å². The number of ether oxygens (including phenoxy) is 1. The average molecular weight is 408 g/mol. The van der Waals surface area contributed by atoms with Gasteiger partial charge in [-0.25, -0.2) is 14.1 Å². The van der Waals surface area contributed by atoms with Crippen LogP contribution in [0.4, 0.5) is 4.39 Å². The first-order chi connectivity index (χ1) is 14.4. The Morgan fingerprint density at radius 3 is 2.67 bits per heavy atom. The Hall–Kier alpha value is -3.52. The molecule has 0 aliphatic rings. The molecule has 0 aliphatic carbocycles. The van der Waals surface area contributed by atoms with Crippen LogP contribution < -0.4 is 10.3 Å². The minimum absolute atomic E-state index is 0.0361. The Bertz CT molecular complexity index is 1250. The second-order valence-corrected chi connectivity index (χ2v) is 7.21. The van der Waals surface area contributed by atoms with E-state index in [4.69, 9.17) is 4.74 Å². The van der Waals surface area contributed by atoms with Crippen molar-refractivity contribution >= 4 is 11.0 Å². The number of hydrogen-bond acceptors (Lipinski definition) is 5. The fraction of sp³-hybridized carbons (Fsp3) is 0.227. The van der Waals surface area contributed by atoms with Crippen LogP contribution in [0.2, 0.25) is 0 Å². The maximum Gasteiger partial charge on any atom is 0.264 e. The van der Waals surface area contributed by atoms with Crippen molar-refractivity contribution in [2.75, 3.05) is 6.61 Å². The molecule has 0 bridgehead atoms. The predicted molar refractivity (Wildman–Crippen MR) is 111 cm³/mol. The van der Waals surface area contributed by atoms with Crippen LogP contribution in [0.5, 0.6) is 5.75 Å². The Morgan fingerprint density at radius 2 is 1.93 bits per heavy atom. The summed E-state index contributed by atoms with van der Waals surface area (Å²) < 4.78 is 21.7. The zero-order valence-corrected chi connectivity index (χ0v) is 16.6. The number of halogens is 1. The number of hydrogen-bond donors (Lipinski definition) is 1. The van der Waals surface area contributed by atoms with Gasteiger partial charge in [-0.1, -0.05) is 17.7 Å².